The Hall–Kier alpha value is -1.26. The van der Waals surface area contributed by atoms with E-state index in [2.05, 4.69) is 15.1 Å². The van der Waals surface area contributed by atoms with Gasteiger partial charge >= 0.3 is 0 Å². The van der Waals surface area contributed by atoms with Crippen molar-refractivity contribution in [3.8, 4) is 0 Å². The number of rotatable bonds is 3. The van der Waals surface area contributed by atoms with E-state index in [4.69, 9.17) is 5.26 Å². The number of azo groups is 1. The van der Waals surface area contributed by atoms with Crippen molar-refractivity contribution in [2.24, 2.45) is 10.2 Å². The van der Waals surface area contributed by atoms with Crippen molar-refractivity contribution in [3.63, 3.8) is 0 Å². The summed E-state index contributed by atoms with van der Waals surface area (Å²) < 4.78 is 0. The summed E-state index contributed by atoms with van der Waals surface area (Å²) in [6.07, 6.45) is 0. The summed E-state index contributed by atoms with van der Waals surface area (Å²) in [5, 5.41) is 16.2. The van der Waals surface area contributed by atoms with E-state index in [9.17, 15) is 0 Å². The molecule has 14 heavy (non-hydrogen) atoms. The van der Waals surface area contributed by atoms with Gasteiger partial charge in [-0.3, -0.25) is 0 Å². The fourth-order valence-electron chi connectivity index (χ4n) is 0.808. The molecule has 0 aliphatic heterocycles. The third-order valence-electron chi connectivity index (χ3n) is 1.66. The summed E-state index contributed by atoms with van der Waals surface area (Å²) >= 11 is 0. The minimum atomic E-state index is -0.995. The lowest BCUT2D eigenvalue weighted by molar-refractivity contribution is -0.311. The molecule has 0 aromatic heterocycles. The molecule has 1 rings (SSSR count). The van der Waals surface area contributed by atoms with Gasteiger partial charge in [0.1, 0.15) is 0 Å². The monoisotopic (exact) mass is 194 g/mol. The summed E-state index contributed by atoms with van der Waals surface area (Å²) in [5.74, 6) is 0. The van der Waals surface area contributed by atoms with Gasteiger partial charge in [-0.2, -0.15) is 10.2 Å². The number of nitrogens with zero attached hydrogens (tertiary/aromatic N) is 2. The van der Waals surface area contributed by atoms with Gasteiger partial charge in [-0.05, 0) is 32.9 Å². The van der Waals surface area contributed by atoms with Crippen LogP contribution < -0.4 is 0 Å². The zero-order valence-electron chi connectivity index (χ0n) is 8.56. The summed E-state index contributed by atoms with van der Waals surface area (Å²) in [7, 11) is 0. The maximum Gasteiger partial charge on any atom is 0.207 e. The molecule has 0 saturated heterocycles. The minimum absolute atomic E-state index is 0.737. The Bertz CT molecular complexity index is 317. The molecule has 0 amide bonds. The molecular formula is C10H14N2O2. The van der Waals surface area contributed by atoms with E-state index < -0.39 is 5.72 Å². The SMILES string of the molecule is Cc1ccc(N=NC(C)(C)OO)cc1. The molecule has 0 saturated carbocycles. The first-order chi connectivity index (χ1) is 6.53. The predicted octanol–water partition coefficient (Wildman–Crippen LogP) is 3.30. The molecule has 1 aromatic carbocycles. The van der Waals surface area contributed by atoms with Gasteiger partial charge in [0.05, 0.1) is 5.69 Å². The van der Waals surface area contributed by atoms with Gasteiger partial charge in [0.2, 0.25) is 5.72 Å². The second kappa shape index (κ2) is 4.30. The molecule has 0 fully saturated rings. The van der Waals surface area contributed by atoms with Gasteiger partial charge in [0.15, 0.2) is 0 Å². The molecule has 0 bridgehead atoms. The van der Waals surface area contributed by atoms with E-state index in [-0.39, 0.29) is 0 Å². The van der Waals surface area contributed by atoms with Crippen LogP contribution in [-0.2, 0) is 4.89 Å². The molecule has 4 nitrogen and oxygen atoms in total. The van der Waals surface area contributed by atoms with Crippen LogP contribution in [-0.4, -0.2) is 11.0 Å². The standard InChI is InChI=1S/C10H14N2O2/c1-8-4-6-9(7-5-8)11-12-10(2,3)14-13/h4-7,13H,1-3H3. The van der Waals surface area contributed by atoms with Gasteiger partial charge in [0.25, 0.3) is 0 Å². The van der Waals surface area contributed by atoms with E-state index in [0.717, 1.165) is 5.69 Å². The van der Waals surface area contributed by atoms with Crippen LogP contribution in [0.2, 0.25) is 0 Å². The lowest BCUT2D eigenvalue weighted by Gasteiger charge is -2.11. The highest BCUT2D eigenvalue weighted by Crippen LogP contribution is 2.17. The zero-order valence-corrected chi connectivity index (χ0v) is 8.56. The molecule has 0 atom stereocenters. The maximum absolute atomic E-state index is 8.46. The van der Waals surface area contributed by atoms with Crippen molar-refractivity contribution in [2.45, 2.75) is 26.5 Å². The first-order valence-corrected chi connectivity index (χ1v) is 4.36. The first kappa shape index (κ1) is 10.8. The van der Waals surface area contributed by atoms with Gasteiger partial charge in [-0.25, -0.2) is 10.1 Å². The normalized spacial score (nSPS) is 12.3. The van der Waals surface area contributed by atoms with Gasteiger partial charge < -0.3 is 0 Å². The second-order valence-corrected chi connectivity index (χ2v) is 3.57. The molecule has 0 unspecified atom stereocenters. The Morgan fingerprint density at radius 2 is 1.79 bits per heavy atom. The van der Waals surface area contributed by atoms with E-state index in [1.807, 2.05) is 31.2 Å². The van der Waals surface area contributed by atoms with E-state index in [0.29, 0.717) is 0 Å². The second-order valence-electron chi connectivity index (χ2n) is 3.57. The molecular weight excluding hydrogens is 180 g/mol. The van der Waals surface area contributed by atoms with Crippen molar-refractivity contribution >= 4 is 5.69 Å². The highest BCUT2D eigenvalue weighted by molar-refractivity contribution is 5.37. The predicted molar refractivity (Wildman–Crippen MR) is 53.5 cm³/mol. The van der Waals surface area contributed by atoms with Crippen molar-refractivity contribution in [2.75, 3.05) is 0 Å². The Labute approximate surface area is 83.2 Å². The minimum Gasteiger partial charge on any atom is -0.249 e. The van der Waals surface area contributed by atoms with Crippen LogP contribution in [0.15, 0.2) is 34.5 Å². The summed E-state index contributed by atoms with van der Waals surface area (Å²) in [6.45, 7) is 5.23. The van der Waals surface area contributed by atoms with E-state index in [1.165, 1.54) is 5.56 Å². The first-order valence-electron chi connectivity index (χ1n) is 4.36. The Morgan fingerprint density at radius 1 is 1.21 bits per heavy atom. The van der Waals surface area contributed by atoms with Gasteiger partial charge in [-0.15, -0.1) is 0 Å². The summed E-state index contributed by atoms with van der Waals surface area (Å²) in [6, 6.07) is 7.60. The molecule has 0 radical (unpaired) electrons. The molecule has 0 spiro atoms. The number of benzene rings is 1. The lowest BCUT2D eigenvalue weighted by atomic mass is 10.2. The quantitative estimate of drug-likeness (QED) is 0.456. The highest BCUT2D eigenvalue weighted by atomic mass is 17.1. The molecule has 0 aliphatic rings. The number of hydrogen-bond donors (Lipinski definition) is 1. The number of aryl methyl sites for hydroxylation is 1. The fourth-order valence-corrected chi connectivity index (χ4v) is 0.808. The van der Waals surface area contributed by atoms with Crippen LogP contribution in [0.3, 0.4) is 0 Å². The summed E-state index contributed by atoms with van der Waals surface area (Å²) in [5.41, 5.74) is 0.910. The van der Waals surface area contributed by atoms with Crippen molar-refractivity contribution < 1.29 is 10.1 Å². The average Bonchev–Trinajstić information content (AvgIpc) is 2.17. The molecule has 4 heteroatoms. The number of hydrogen-bond acceptors (Lipinski definition) is 4. The zero-order chi connectivity index (χ0) is 10.6. The summed E-state index contributed by atoms with van der Waals surface area (Å²) in [4.78, 5) is 4.12. The lowest BCUT2D eigenvalue weighted by Crippen LogP contribution is -2.18. The van der Waals surface area contributed by atoms with Crippen LogP contribution in [0.1, 0.15) is 19.4 Å². The Morgan fingerprint density at radius 3 is 2.29 bits per heavy atom. The third kappa shape index (κ3) is 3.24. The largest absolute Gasteiger partial charge is 0.249 e. The maximum atomic E-state index is 8.46. The molecule has 1 N–H and O–H groups in total. The fraction of sp³-hybridized carbons (Fsp3) is 0.400. The Balaban J connectivity index is 2.74. The third-order valence-corrected chi connectivity index (χ3v) is 1.66. The smallest absolute Gasteiger partial charge is 0.207 e. The molecule has 0 aliphatic carbocycles. The van der Waals surface area contributed by atoms with Gasteiger partial charge in [-0.1, -0.05) is 17.7 Å². The van der Waals surface area contributed by atoms with E-state index >= 15 is 0 Å². The van der Waals surface area contributed by atoms with Crippen molar-refractivity contribution in [1.82, 2.24) is 0 Å². The molecule has 76 valence electrons. The van der Waals surface area contributed by atoms with Crippen LogP contribution >= 0.6 is 0 Å². The van der Waals surface area contributed by atoms with Crippen molar-refractivity contribution in [3.05, 3.63) is 29.8 Å². The topological polar surface area (TPSA) is 54.2 Å². The van der Waals surface area contributed by atoms with Gasteiger partial charge in [0, 0.05) is 0 Å². The van der Waals surface area contributed by atoms with E-state index in [1.54, 1.807) is 13.8 Å². The van der Waals surface area contributed by atoms with Crippen LogP contribution in [0.4, 0.5) is 5.69 Å². The van der Waals surface area contributed by atoms with Crippen LogP contribution in [0.5, 0.6) is 0 Å². The Kier molecular flexibility index (Phi) is 3.33. The highest BCUT2D eigenvalue weighted by Gasteiger charge is 2.16. The van der Waals surface area contributed by atoms with Crippen molar-refractivity contribution in [1.29, 1.82) is 0 Å². The average molecular weight is 194 g/mol. The van der Waals surface area contributed by atoms with Crippen LogP contribution in [0.25, 0.3) is 0 Å². The molecule has 1 aromatic rings. The van der Waals surface area contributed by atoms with Crippen LogP contribution in [0, 0.1) is 6.92 Å². The molecule has 0 heterocycles.